The Balaban J connectivity index is 2.23. The van der Waals surface area contributed by atoms with Crippen molar-refractivity contribution in [2.75, 3.05) is 0 Å². The average Bonchev–Trinajstić information content (AvgIpc) is 2.35. The van der Waals surface area contributed by atoms with Crippen molar-refractivity contribution < 1.29 is 0 Å². The van der Waals surface area contributed by atoms with Crippen LogP contribution in [0.5, 0.6) is 0 Å². The van der Waals surface area contributed by atoms with Crippen molar-refractivity contribution in [1.29, 1.82) is 0 Å². The van der Waals surface area contributed by atoms with E-state index in [0.717, 1.165) is 31.4 Å². The largest absolute Gasteiger partial charge is 0.326 e. The lowest BCUT2D eigenvalue weighted by Gasteiger charge is -2.28. The fourth-order valence-electron chi connectivity index (χ4n) is 2.40. The van der Waals surface area contributed by atoms with Gasteiger partial charge in [0.2, 0.25) is 5.56 Å². The molecule has 0 aliphatic heterocycles. The number of terminal acetylenes is 1. The number of fused-ring (bicyclic) bond motifs is 1. The molecule has 0 fully saturated rings. The van der Waals surface area contributed by atoms with Gasteiger partial charge < -0.3 is 4.98 Å². The third-order valence-corrected chi connectivity index (χ3v) is 3.34. The molecular formula is C14H18N2O. The predicted molar refractivity (Wildman–Crippen MR) is 68.8 cm³/mol. The van der Waals surface area contributed by atoms with E-state index in [-0.39, 0.29) is 17.6 Å². The van der Waals surface area contributed by atoms with Gasteiger partial charge >= 0.3 is 0 Å². The maximum absolute atomic E-state index is 11.3. The molecule has 2 atom stereocenters. The number of hydrogen-bond acceptors (Lipinski definition) is 2. The Morgan fingerprint density at radius 2 is 2.47 bits per heavy atom. The van der Waals surface area contributed by atoms with Crippen LogP contribution in [0.4, 0.5) is 0 Å². The molecule has 2 N–H and O–H groups in total. The molecule has 0 aromatic carbocycles. The van der Waals surface area contributed by atoms with E-state index in [1.807, 2.05) is 6.07 Å². The summed E-state index contributed by atoms with van der Waals surface area (Å²) in [4.78, 5) is 14.2. The molecule has 1 aromatic rings. The lowest BCUT2D eigenvalue weighted by atomic mass is 9.90. The minimum atomic E-state index is -0.0200. The Kier molecular flexibility index (Phi) is 3.65. The van der Waals surface area contributed by atoms with Crippen LogP contribution in [0.1, 0.15) is 43.5 Å². The van der Waals surface area contributed by atoms with Gasteiger partial charge in [0.25, 0.3) is 0 Å². The molecule has 1 heterocycles. The fraction of sp³-hybridized carbons (Fsp3) is 0.500. The zero-order valence-corrected chi connectivity index (χ0v) is 10.1. The first-order chi connectivity index (χ1) is 8.24. The number of pyridine rings is 1. The number of aryl methyl sites for hydroxylation is 1. The Morgan fingerprint density at radius 3 is 3.18 bits per heavy atom. The van der Waals surface area contributed by atoms with Crippen molar-refractivity contribution in [1.82, 2.24) is 10.3 Å². The lowest BCUT2D eigenvalue weighted by molar-refractivity contribution is 0.424. The molecule has 90 valence electrons. The van der Waals surface area contributed by atoms with Crippen LogP contribution in [0.2, 0.25) is 0 Å². The van der Waals surface area contributed by atoms with Gasteiger partial charge in [-0.15, -0.1) is 6.42 Å². The van der Waals surface area contributed by atoms with E-state index in [1.165, 1.54) is 5.56 Å². The van der Waals surface area contributed by atoms with Crippen LogP contribution in [-0.2, 0) is 6.42 Å². The monoisotopic (exact) mass is 230 g/mol. The summed E-state index contributed by atoms with van der Waals surface area (Å²) in [5.74, 6) is 2.76. The summed E-state index contributed by atoms with van der Waals surface area (Å²) < 4.78 is 0. The highest BCUT2D eigenvalue weighted by Gasteiger charge is 2.21. The standard InChI is InChI=1S/C14H18N2O/c1-3-10(4-2)15-12-6-5-7-13-11(12)8-9-14(17)16-13/h1,8-10,12,15H,4-7H2,2H3,(H,16,17). The number of H-pyrrole nitrogens is 1. The van der Waals surface area contributed by atoms with Gasteiger partial charge in [-0.1, -0.05) is 18.9 Å². The summed E-state index contributed by atoms with van der Waals surface area (Å²) in [5, 5.41) is 3.47. The first-order valence-electron chi connectivity index (χ1n) is 6.19. The molecule has 0 saturated carbocycles. The van der Waals surface area contributed by atoms with Crippen LogP contribution in [0.3, 0.4) is 0 Å². The van der Waals surface area contributed by atoms with Crippen molar-refractivity contribution in [3.8, 4) is 12.3 Å². The van der Waals surface area contributed by atoms with E-state index >= 15 is 0 Å². The molecule has 3 heteroatoms. The molecule has 2 rings (SSSR count). The normalized spacial score (nSPS) is 20.4. The maximum atomic E-state index is 11.3. The molecule has 2 unspecified atom stereocenters. The summed E-state index contributed by atoms with van der Waals surface area (Å²) in [6, 6.07) is 3.90. The second-order valence-corrected chi connectivity index (χ2v) is 4.50. The Bertz CT molecular complexity index is 484. The number of rotatable bonds is 3. The van der Waals surface area contributed by atoms with E-state index in [0.29, 0.717) is 0 Å². The molecule has 0 saturated heterocycles. The molecule has 0 amide bonds. The highest BCUT2D eigenvalue weighted by atomic mass is 16.1. The van der Waals surface area contributed by atoms with Gasteiger partial charge in [0, 0.05) is 17.8 Å². The SMILES string of the molecule is C#CC(CC)NC1CCCc2[nH]c(=O)ccc21. The minimum Gasteiger partial charge on any atom is -0.326 e. The van der Waals surface area contributed by atoms with Crippen LogP contribution in [-0.4, -0.2) is 11.0 Å². The van der Waals surface area contributed by atoms with Crippen LogP contribution in [0, 0.1) is 12.3 Å². The third-order valence-electron chi connectivity index (χ3n) is 3.34. The summed E-state index contributed by atoms with van der Waals surface area (Å²) >= 11 is 0. The molecular weight excluding hydrogens is 212 g/mol. The first kappa shape index (κ1) is 11.9. The van der Waals surface area contributed by atoms with Crippen molar-refractivity contribution in [3.63, 3.8) is 0 Å². The van der Waals surface area contributed by atoms with Crippen LogP contribution in [0.25, 0.3) is 0 Å². The van der Waals surface area contributed by atoms with E-state index in [9.17, 15) is 4.79 Å². The molecule has 0 radical (unpaired) electrons. The molecule has 0 spiro atoms. The van der Waals surface area contributed by atoms with Crippen molar-refractivity contribution in [3.05, 3.63) is 33.7 Å². The van der Waals surface area contributed by atoms with Crippen LogP contribution in [0.15, 0.2) is 16.9 Å². The van der Waals surface area contributed by atoms with Gasteiger partial charge in [-0.2, -0.15) is 0 Å². The Morgan fingerprint density at radius 1 is 1.65 bits per heavy atom. The molecule has 0 bridgehead atoms. The average molecular weight is 230 g/mol. The molecule has 3 nitrogen and oxygen atoms in total. The Labute approximate surface area is 102 Å². The maximum Gasteiger partial charge on any atom is 0.248 e. The van der Waals surface area contributed by atoms with Gasteiger partial charge in [-0.3, -0.25) is 10.1 Å². The van der Waals surface area contributed by atoms with Crippen molar-refractivity contribution in [2.45, 2.75) is 44.7 Å². The summed E-state index contributed by atoms with van der Waals surface area (Å²) in [6.45, 7) is 2.08. The topological polar surface area (TPSA) is 44.9 Å². The smallest absolute Gasteiger partial charge is 0.248 e. The number of hydrogen-bond donors (Lipinski definition) is 2. The van der Waals surface area contributed by atoms with E-state index < -0.39 is 0 Å². The first-order valence-corrected chi connectivity index (χ1v) is 6.19. The molecule has 17 heavy (non-hydrogen) atoms. The minimum absolute atomic E-state index is 0.0200. The second kappa shape index (κ2) is 5.20. The van der Waals surface area contributed by atoms with Crippen molar-refractivity contribution >= 4 is 0 Å². The van der Waals surface area contributed by atoms with E-state index in [1.54, 1.807) is 6.07 Å². The third kappa shape index (κ3) is 2.59. The number of aromatic nitrogens is 1. The molecule has 1 aromatic heterocycles. The number of aromatic amines is 1. The highest BCUT2D eigenvalue weighted by molar-refractivity contribution is 5.26. The summed E-state index contributed by atoms with van der Waals surface area (Å²) in [5.41, 5.74) is 2.24. The van der Waals surface area contributed by atoms with Gasteiger partial charge in [0.15, 0.2) is 0 Å². The van der Waals surface area contributed by atoms with Crippen LogP contribution < -0.4 is 10.9 Å². The quantitative estimate of drug-likeness (QED) is 0.777. The highest BCUT2D eigenvalue weighted by Crippen LogP contribution is 2.27. The predicted octanol–water partition coefficient (Wildman–Crippen LogP) is 1.75. The van der Waals surface area contributed by atoms with Gasteiger partial charge in [0.1, 0.15) is 0 Å². The fourth-order valence-corrected chi connectivity index (χ4v) is 2.40. The zero-order valence-electron chi connectivity index (χ0n) is 10.1. The number of nitrogens with one attached hydrogen (secondary N) is 2. The van der Waals surface area contributed by atoms with E-state index in [2.05, 4.69) is 23.1 Å². The Hall–Kier alpha value is -1.53. The van der Waals surface area contributed by atoms with Crippen LogP contribution >= 0.6 is 0 Å². The lowest BCUT2D eigenvalue weighted by Crippen LogP contribution is -2.34. The van der Waals surface area contributed by atoms with Gasteiger partial charge in [0.05, 0.1) is 6.04 Å². The second-order valence-electron chi connectivity index (χ2n) is 4.50. The van der Waals surface area contributed by atoms with Gasteiger partial charge in [-0.25, -0.2) is 0 Å². The zero-order chi connectivity index (χ0) is 12.3. The van der Waals surface area contributed by atoms with E-state index in [4.69, 9.17) is 6.42 Å². The molecule has 1 aliphatic carbocycles. The summed E-state index contributed by atoms with van der Waals surface area (Å²) in [7, 11) is 0. The van der Waals surface area contributed by atoms with Crippen molar-refractivity contribution in [2.24, 2.45) is 0 Å². The summed E-state index contributed by atoms with van der Waals surface area (Å²) in [6.07, 6.45) is 9.52. The molecule has 1 aliphatic rings. The van der Waals surface area contributed by atoms with Gasteiger partial charge in [-0.05, 0) is 31.2 Å².